The molecule has 5 nitrogen and oxygen atoms in total. The Kier molecular flexibility index (Phi) is 5.30. The van der Waals surface area contributed by atoms with Crippen molar-refractivity contribution in [2.45, 2.75) is 24.3 Å². The molecular weight excluding hydrogens is 406 g/mol. The minimum absolute atomic E-state index is 0.0395. The molecule has 1 aromatic heterocycles. The van der Waals surface area contributed by atoms with Gasteiger partial charge in [-0.3, -0.25) is 4.79 Å². The van der Waals surface area contributed by atoms with Gasteiger partial charge in [0.1, 0.15) is 0 Å². The van der Waals surface area contributed by atoms with Gasteiger partial charge in [0, 0.05) is 27.3 Å². The Bertz CT molecular complexity index is 1220. The zero-order valence-corrected chi connectivity index (χ0v) is 17.9. The summed E-state index contributed by atoms with van der Waals surface area (Å²) in [6.45, 7) is 2.03. The first-order valence-corrected chi connectivity index (χ1v) is 11.2. The first-order chi connectivity index (χ1) is 15.2. The lowest BCUT2D eigenvalue weighted by Gasteiger charge is -2.25. The lowest BCUT2D eigenvalue weighted by molar-refractivity contribution is 0.0935. The fourth-order valence-electron chi connectivity index (χ4n) is 3.65. The first kappa shape index (κ1) is 19.6. The summed E-state index contributed by atoms with van der Waals surface area (Å²) < 4.78 is 5.83. The second kappa shape index (κ2) is 8.40. The molecule has 1 atom stereocenters. The van der Waals surface area contributed by atoms with Crippen molar-refractivity contribution >= 4 is 17.7 Å². The van der Waals surface area contributed by atoms with Crippen molar-refractivity contribution in [3.05, 3.63) is 89.5 Å². The maximum atomic E-state index is 12.8. The molecule has 31 heavy (non-hydrogen) atoms. The number of aryl methyl sites for hydroxylation is 1. The van der Waals surface area contributed by atoms with E-state index in [2.05, 4.69) is 27.6 Å². The van der Waals surface area contributed by atoms with Crippen LogP contribution in [-0.4, -0.2) is 21.9 Å². The molecule has 0 fully saturated rings. The van der Waals surface area contributed by atoms with E-state index in [1.54, 1.807) is 12.1 Å². The van der Waals surface area contributed by atoms with E-state index in [9.17, 15) is 4.79 Å². The van der Waals surface area contributed by atoms with Crippen LogP contribution < -0.4 is 5.32 Å². The van der Waals surface area contributed by atoms with E-state index in [4.69, 9.17) is 4.42 Å². The number of thioether (sulfide) groups is 1. The van der Waals surface area contributed by atoms with E-state index < -0.39 is 0 Å². The monoisotopic (exact) mass is 427 g/mol. The Morgan fingerprint density at radius 1 is 0.935 bits per heavy atom. The molecule has 2 heterocycles. The molecule has 5 rings (SSSR count). The van der Waals surface area contributed by atoms with Gasteiger partial charge in [0.2, 0.25) is 11.8 Å². The second-order valence-corrected chi connectivity index (χ2v) is 8.69. The molecule has 0 bridgehead atoms. The van der Waals surface area contributed by atoms with E-state index in [1.165, 1.54) is 16.0 Å². The molecule has 0 aliphatic carbocycles. The van der Waals surface area contributed by atoms with Gasteiger partial charge in [0.15, 0.2) is 0 Å². The van der Waals surface area contributed by atoms with Crippen molar-refractivity contribution in [1.29, 1.82) is 0 Å². The molecule has 1 amide bonds. The standard InChI is InChI=1S/C25H21N3O2S/c1-16-6-8-18(9-7-16)24-27-28-25(30-24)19-12-10-17(11-13-19)23(29)26-21-14-15-31-22-5-3-2-4-20(21)22/h2-13,21H,14-15H2,1H3,(H,26,29). The van der Waals surface area contributed by atoms with Crippen LogP contribution in [0, 0.1) is 6.92 Å². The number of fused-ring (bicyclic) bond motifs is 1. The Morgan fingerprint density at radius 2 is 1.58 bits per heavy atom. The number of nitrogens with zero attached hydrogens (tertiary/aromatic N) is 2. The SMILES string of the molecule is Cc1ccc(-c2nnc(-c3ccc(C(=O)NC4CCSc5ccccc54)cc3)o2)cc1. The summed E-state index contributed by atoms with van der Waals surface area (Å²) in [6.07, 6.45) is 0.926. The summed E-state index contributed by atoms with van der Waals surface area (Å²) in [5.41, 5.74) is 4.64. The minimum atomic E-state index is -0.0795. The van der Waals surface area contributed by atoms with E-state index in [0.29, 0.717) is 17.3 Å². The van der Waals surface area contributed by atoms with Gasteiger partial charge in [-0.2, -0.15) is 0 Å². The van der Waals surface area contributed by atoms with Crippen molar-refractivity contribution in [2.24, 2.45) is 0 Å². The van der Waals surface area contributed by atoms with Crippen LogP contribution in [0.3, 0.4) is 0 Å². The molecule has 4 aromatic rings. The quantitative estimate of drug-likeness (QED) is 0.454. The average Bonchev–Trinajstić information content (AvgIpc) is 3.30. The summed E-state index contributed by atoms with van der Waals surface area (Å²) in [7, 11) is 0. The van der Waals surface area contributed by atoms with Gasteiger partial charge in [-0.05, 0) is 61.4 Å². The zero-order valence-electron chi connectivity index (χ0n) is 17.0. The Labute approximate surface area is 184 Å². The molecule has 0 radical (unpaired) electrons. The fourth-order valence-corrected chi connectivity index (χ4v) is 4.78. The van der Waals surface area contributed by atoms with Crippen LogP contribution in [0.5, 0.6) is 0 Å². The number of carbonyl (C=O) groups excluding carboxylic acids is 1. The lowest BCUT2D eigenvalue weighted by Crippen LogP contribution is -2.30. The number of hydrogen-bond donors (Lipinski definition) is 1. The van der Waals surface area contributed by atoms with Gasteiger partial charge >= 0.3 is 0 Å². The number of nitrogens with one attached hydrogen (secondary N) is 1. The summed E-state index contributed by atoms with van der Waals surface area (Å²) in [4.78, 5) is 14.1. The fraction of sp³-hybridized carbons (Fsp3) is 0.160. The number of rotatable bonds is 4. The zero-order chi connectivity index (χ0) is 21.2. The highest BCUT2D eigenvalue weighted by atomic mass is 32.2. The lowest BCUT2D eigenvalue weighted by atomic mass is 10.0. The van der Waals surface area contributed by atoms with E-state index in [0.717, 1.165) is 23.3 Å². The molecule has 1 unspecified atom stereocenters. The number of carbonyl (C=O) groups is 1. The predicted octanol–water partition coefficient (Wildman–Crippen LogP) is 5.68. The molecular formula is C25H21N3O2S. The average molecular weight is 428 g/mol. The highest BCUT2D eigenvalue weighted by Crippen LogP contribution is 2.36. The third-order valence-corrected chi connectivity index (χ3v) is 6.50. The molecule has 1 aliphatic rings. The Balaban J connectivity index is 1.30. The van der Waals surface area contributed by atoms with E-state index >= 15 is 0 Å². The van der Waals surface area contributed by atoms with E-state index in [1.807, 2.05) is 67.2 Å². The van der Waals surface area contributed by atoms with E-state index in [-0.39, 0.29) is 11.9 Å². The Hall–Kier alpha value is -3.38. The first-order valence-electron chi connectivity index (χ1n) is 10.2. The van der Waals surface area contributed by atoms with Crippen molar-refractivity contribution < 1.29 is 9.21 Å². The maximum Gasteiger partial charge on any atom is 0.251 e. The van der Waals surface area contributed by atoms with Crippen LogP contribution in [0.4, 0.5) is 0 Å². The summed E-state index contributed by atoms with van der Waals surface area (Å²) >= 11 is 1.84. The molecule has 1 aliphatic heterocycles. The van der Waals surface area contributed by atoms with Gasteiger partial charge in [-0.1, -0.05) is 35.9 Å². The van der Waals surface area contributed by atoms with Crippen molar-refractivity contribution in [3.8, 4) is 22.9 Å². The highest BCUT2D eigenvalue weighted by molar-refractivity contribution is 7.99. The molecule has 6 heteroatoms. The van der Waals surface area contributed by atoms with Gasteiger partial charge in [0.05, 0.1) is 6.04 Å². The van der Waals surface area contributed by atoms with Gasteiger partial charge in [-0.15, -0.1) is 22.0 Å². The number of amides is 1. The summed E-state index contributed by atoms with van der Waals surface area (Å²) in [6, 6.07) is 23.5. The second-order valence-electron chi connectivity index (χ2n) is 7.56. The topological polar surface area (TPSA) is 68.0 Å². The van der Waals surface area contributed by atoms with Crippen LogP contribution in [-0.2, 0) is 0 Å². The third-order valence-electron chi connectivity index (χ3n) is 5.38. The molecule has 154 valence electrons. The largest absolute Gasteiger partial charge is 0.416 e. The smallest absolute Gasteiger partial charge is 0.251 e. The predicted molar refractivity (Wildman–Crippen MR) is 122 cm³/mol. The molecule has 0 saturated heterocycles. The number of hydrogen-bond acceptors (Lipinski definition) is 5. The molecule has 0 spiro atoms. The van der Waals surface area contributed by atoms with Gasteiger partial charge in [-0.25, -0.2) is 0 Å². The Morgan fingerprint density at radius 3 is 2.29 bits per heavy atom. The van der Waals surface area contributed by atoms with Crippen LogP contribution >= 0.6 is 11.8 Å². The summed E-state index contributed by atoms with van der Waals surface area (Å²) in [5, 5.41) is 11.5. The molecule has 0 saturated carbocycles. The normalized spacial score (nSPS) is 15.3. The molecule has 3 aromatic carbocycles. The van der Waals surface area contributed by atoms with Crippen LogP contribution in [0.1, 0.15) is 33.9 Å². The van der Waals surface area contributed by atoms with Crippen molar-refractivity contribution in [3.63, 3.8) is 0 Å². The number of benzene rings is 3. The highest BCUT2D eigenvalue weighted by Gasteiger charge is 2.22. The molecule has 1 N–H and O–H groups in total. The summed E-state index contributed by atoms with van der Waals surface area (Å²) in [5.74, 6) is 1.83. The number of aromatic nitrogens is 2. The maximum absolute atomic E-state index is 12.8. The minimum Gasteiger partial charge on any atom is -0.416 e. The van der Waals surface area contributed by atoms with Crippen molar-refractivity contribution in [2.75, 3.05) is 5.75 Å². The van der Waals surface area contributed by atoms with Gasteiger partial charge in [0.25, 0.3) is 5.91 Å². The van der Waals surface area contributed by atoms with Gasteiger partial charge < -0.3 is 9.73 Å². The van der Waals surface area contributed by atoms with Crippen LogP contribution in [0.15, 0.2) is 82.1 Å². The van der Waals surface area contributed by atoms with Crippen LogP contribution in [0.25, 0.3) is 22.9 Å². The third kappa shape index (κ3) is 4.11. The van der Waals surface area contributed by atoms with Crippen LogP contribution in [0.2, 0.25) is 0 Å². The van der Waals surface area contributed by atoms with Crippen molar-refractivity contribution in [1.82, 2.24) is 15.5 Å².